The zero-order valence-corrected chi connectivity index (χ0v) is 13.6. The maximum Gasteiger partial charge on any atom is 0.120 e. The summed E-state index contributed by atoms with van der Waals surface area (Å²) in [5.41, 5.74) is 2.46. The van der Waals surface area contributed by atoms with Crippen molar-refractivity contribution in [3.8, 4) is 11.5 Å². The molecule has 3 nitrogen and oxygen atoms in total. The van der Waals surface area contributed by atoms with E-state index >= 15 is 0 Å². The lowest BCUT2D eigenvalue weighted by atomic mass is 10.2. The summed E-state index contributed by atoms with van der Waals surface area (Å²) in [5, 5.41) is 3.46. The number of methoxy groups -OCH3 is 1. The van der Waals surface area contributed by atoms with E-state index in [0.29, 0.717) is 0 Å². The largest absolute Gasteiger partial charge is 0.497 e. The summed E-state index contributed by atoms with van der Waals surface area (Å²) in [6.45, 7) is 5.89. The van der Waals surface area contributed by atoms with Crippen LogP contribution in [-0.2, 0) is 6.54 Å². The highest BCUT2D eigenvalue weighted by atomic mass is 16.5. The fourth-order valence-corrected chi connectivity index (χ4v) is 2.27. The number of aryl methyl sites for hydroxylation is 1. The van der Waals surface area contributed by atoms with Gasteiger partial charge in [-0.2, -0.15) is 0 Å². The van der Waals surface area contributed by atoms with Crippen molar-refractivity contribution in [2.24, 2.45) is 0 Å². The van der Waals surface area contributed by atoms with Gasteiger partial charge in [0.25, 0.3) is 0 Å². The number of hydrogen-bond donors (Lipinski definition) is 1. The molecule has 0 radical (unpaired) electrons. The third kappa shape index (κ3) is 5.08. The summed E-state index contributed by atoms with van der Waals surface area (Å²) in [6, 6.07) is 16.3. The molecule has 0 amide bonds. The maximum atomic E-state index is 6.04. The highest BCUT2D eigenvalue weighted by Gasteiger charge is 2.08. The van der Waals surface area contributed by atoms with E-state index in [1.54, 1.807) is 7.11 Å². The van der Waals surface area contributed by atoms with Crippen molar-refractivity contribution in [3.63, 3.8) is 0 Å². The Morgan fingerprint density at radius 3 is 2.45 bits per heavy atom. The molecule has 118 valence electrons. The molecule has 0 aromatic heterocycles. The Bertz CT molecular complexity index is 566. The van der Waals surface area contributed by atoms with Gasteiger partial charge in [-0.25, -0.2) is 0 Å². The van der Waals surface area contributed by atoms with Gasteiger partial charge in [0.2, 0.25) is 0 Å². The Morgan fingerprint density at radius 1 is 1.05 bits per heavy atom. The fraction of sp³-hybridized carbons (Fsp3) is 0.368. The van der Waals surface area contributed by atoms with E-state index < -0.39 is 0 Å². The predicted molar refractivity (Wildman–Crippen MR) is 90.6 cm³/mol. The molecule has 1 atom stereocenters. The molecule has 0 aliphatic heterocycles. The monoisotopic (exact) mass is 299 g/mol. The highest BCUT2D eigenvalue weighted by Crippen LogP contribution is 2.15. The van der Waals surface area contributed by atoms with Gasteiger partial charge in [-0.3, -0.25) is 0 Å². The van der Waals surface area contributed by atoms with Crippen molar-refractivity contribution in [1.29, 1.82) is 0 Å². The van der Waals surface area contributed by atoms with Crippen LogP contribution in [0, 0.1) is 6.92 Å². The smallest absolute Gasteiger partial charge is 0.120 e. The standard InChI is InChI=1S/C19H25NO2/c1-4-17(22-19-7-5-6-15(2)12-19)14-20-13-16-8-10-18(21-3)11-9-16/h5-12,17,20H,4,13-14H2,1-3H3. The summed E-state index contributed by atoms with van der Waals surface area (Å²) in [7, 11) is 1.68. The van der Waals surface area contributed by atoms with Crippen LogP contribution in [0.15, 0.2) is 48.5 Å². The second kappa shape index (κ2) is 8.44. The average molecular weight is 299 g/mol. The van der Waals surface area contributed by atoms with Crippen molar-refractivity contribution in [2.75, 3.05) is 13.7 Å². The SMILES string of the molecule is CCC(CNCc1ccc(OC)cc1)Oc1cccc(C)c1. The number of nitrogens with one attached hydrogen (secondary N) is 1. The van der Waals surface area contributed by atoms with Crippen LogP contribution >= 0.6 is 0 Å². The van der Waals surface area contributed by atoms with E-state index in [1.165, 1.54) is 11.1 Å². The molecule has 0 bridgehead atoms. The number of ether oxygens (including phenoxy) is 2. The number of rotatable bonds is 8. The van der Waals surface area contributed by atoms with Crippen LogP contribution < -0.4 is 14.8 Å². The maximum absolute atomic E-state index is 6.04. The lowest BCUT2D eigenvalue weighted by Gasteiger charge is -2.18. The minimum Gasteiger partial charge on any atom is -0.497 e. The molecular formula is C19H25NO2. The first-order valence-electron chi connectivity index (χ1n) is 7.78. The molecule has 22 heavy (non-hydrogen) atoms. The number of hydrogen-bond acceptors (Lipinski definition) is 3. The molecule has 0 saturated heterocycles. The topological polar surface area (TPSA) is 30.5 Å². The Morgan fingerprint density at radius 2 is 1.82 bits per heavy atom. The molecule has 0 fully saturated rings. The van der Waals surface area contributed by atoms with Crippen LogP contribution in [0.4, 0.5) is 0 Å². The Kier molecular flexibility index (Phi) is 6.28. The molecule has 2 aromatic carbocycles. The quantitative estimate of drug-likeness (QED) is 0.800. The van der Waals surface area contributed by atoms with Crippen LogP contribution in [0.1, 0.15) is 24.5 Å². The van der Waals surface area contributed by atoms with Crippen LogP contribution in [0.2, 0.25) is 0 Å². The zero-order valence-electron chi connectivity index (χ0n) is 13.6. The average Bonchev–Trinajstić information content (AvgIpc) is 2.54. The van der Waals surface area contributed by atoms with E-state index in [2.05, 4.69) is 43.4 Å². The van der Waals surface area contributed by atoms with Crippen LogP contribution in [0.3, 0.4) is 0 Å². The van der Waals surface area contributed by atoms with Crippen LogP contribution in [-0.4, -0.2) is 19.8 Å². The van der Waals surface area contributed by atoms with Gasteiger partial charge < -0.3 is 14.8 Å². The third-order valence-corrected chi connectivity index (χ3v) is 3.61. The van der Waals surface area contributed by atoms with E-state index in [-0.39, 0.29) is 6.10 Å². The molecule has 1 N–H and O–H groups in total. The first kappa shape index (κ1) is 16.4. The van der Waals surface area contributed by atoms with Crippen molar-refractivity contribution in [1.82, 2.24) is 5.32 Å². The van der Waals surface area contributed by atoms with Crippen molar-refractivity contribution < 1.29 is 9.47 Å². The molecule has 1 unspecified atom stereocenters. The van der Waals surface area contributed by atoms with Crippen molar-refractivity contribution in [2.45, 2.75) is 32.9 Å². The van der Waals surface area contributed by atoms with Gasteiger partial charge in [-0.05, 0) is 48.7 Å². The third-order valence-electron chi connectivity index (χ3n) is 3.61. The minimum atomic E-state index is 0.181. The van der Waals surface area contributed by atoms with Gasteiger partial charge >= 0.3 is 0 Å². The van der Waals surface area contributed by atoms with Crippen molar-refractivity contribution in [3.05, 3.63) is 59.7 Å². The van der Waals surface area contributed by atoms with Gasteiger partial charge in [-0.1, -0.05) is 31.2 Å². The molecule has 2 rings (SSSR count). The van der Waals surface area contributed by atoms with Gasteiger partial charge in [0.1, 0.15) is 17.6 Å². The molecule has 0 spiro atoms. The van der Waals surface area contributed by atoms with Crippen LogP contribution in [0.25, 0.3) is 0 Å². The molecular weight excluding hydrogens is 274 g/mol. The van der Waals surface area contributed by atoms with E-state index in [4.69, 9.17) is 9.47 Å². The predicted octanol–water partition coefficient (Wildman–Crippen LogP) is 3.95. The molecule has 0 saturated carbocycles. The minimum absolute atomic E-state index is 0.181. The van der Waals surface area contributed by atoms with Crippen LogP contribution in [0.5, 0.6) is 11.5 Å². The number of benzene rings is 2. The van der Waals surface area contributed by atoms with E-state index in [1.807, 2.05) is 24.3 Å². The molecule has 2 aromatic rings. The molecule has 0 heterocycles. The summed E-state index contributed by atoms with van der Waals surface area (Å²) in [5.74, 6) is 1.83. The van der Waals surface area contributed by atoms with Gasteiger partial charge in [0.15, 0.2) is 0 Å². The van der Waals surface area contributed by atoms with Crippen molar-refractivity contribution >= 4 is 0 Å². The summed E-state index contributed by atoms with van der Waals surface area (Å²) < 4.78 is 11.2. The summed E-state index contributed by atoms with van der Waals surface area (Å²) >= 11 is 0. The fourth-order valence-electron chi connectivity index (χ4n) is 2.27. The van der Waals surface area contributed by atoms with Gasteiger partial charge in [0.05, 0.1) is 7.11 Å². The Balaban J connectivity index is 1.80. The highest BCUT2D eigenvalue weighted by molar-refractivity contribution is 5.28. The molecule has 3 heteroatoms. The van der Waals surface area contributed by atoms with E-state index in [9.17, 15) is 0 Å². The first-order valence-corrected chi connectivity index (χ1v) is 7.78. The van der Waals surface area contributed by atoms with Gasteiger partial charge in [-0.15, -0.1) is 0 Å². The second-order valence-corrected chi connectivity index (χ2v) is 5.44. The summed E-state index contributed by atoms with van der Waals surface area (Å²) in [4.78, 5) is 0. The lowest BCUT2D eigenvalue weighted by molar-refractivity contribution is 0.193. The molecule has 0 aliphatic rings. The first-order chi connectivity index (χ1) is 10.7. The Labute approximate surface area is 133 Å². The normalized spacial score (nSPS) is 12.0. The second-order valence-electron chi connectivity index (χ2n) is 5.44. The summed E-state index contributed by atoms with van der Waals surface area (Å²) in [6.07, 6.45) is 1.16. The van der Waals surface area contributed by atoms with Gasteiger partial charge in [0, 0.05) is 13.1 Å². The molecule has 0 aliphatic carbocycles. The Hall–Kier alpha value is -2.00. The zero-order chi connectivity index (χ0) is 15.8. The van der Waals surface area contributed by atoms with E-state index in [0.717, 1.165) is 31.0 Å². The lowest BCUT2D eigenvalue weighted by Crippen LogP contribution is -2.30.